The van der Waals surface area contributed by atoms with Gasteiger partial charge in [0.15, 0.2) is 0 Å². The first-order valence-corrected chi connectivity index (χ1v) is 6.20. The normalized spacial score (nSPS) is 9.65. The number of esters is 1. The average molecular weight is 267 g/mol. The second kappa shape index (κ2) is 6.45. The van der Waals surface area contributed by atoms with Gasteiger partial charge in [-0.25, -0.2) is 9.59 Å². The monoisotopic (exact) mass is 267 g/mol. The number of rotatable bonds is 4. The van der Waals surface area contributed by atoms with E-state index < -0.39 is 0 Å². The van der Waals surface area contributed by atoms with E-state index in [1.165, 1.54) is 6.08 Å². The van der Waals surface area contributed by atoms with E-state index in [0.29, 0.717) is 17.9 Å². The quantitative estimate of drug-likeness (QED) is 0.484. The maximum Gasteiger partial charge on any atom is 0.338 e. The minimum absolute atomic E-state index is 0.324. The molecule has 0 aliphatic heterocycles. The first kappa shape index (κ1) is 13.7. The molecule has 0 saturated carbocycles. The maximum atomic E-state index is 11.5. The van der Waals surface area contributed by atoms with Crippen LogP contribution in [0.15, 0.2) is 53.5 Å². The standard InChI is InChI=1S/C16H13NO3/c1-2-20-16(19)14-5-3-12(4-6-14)13-7-9-15(10-8-13)17-11-18/h3-10H,2H2,1H3. The van der Waals surface area contributed by atoms with Crippen LogP contribution in [0.5, 0.6) is 0 Å². The van der Waals surface area contributed by atoms with Crippen LogP contribution in [0.25, 0.3) is 11.1 Å². The van der Waals surface area contributed by atoms with Crippen molar-refractivity contribution in [3.05, 3.63) is 54.1 Å². The summed E-state index contributed by atoms with van der Waals surface area (Å²) in [5, 5.41) is 0. The molecule has 0 amide bonds. The van der Waals surface area contributed by atoms with Crippen LogP contribution >= 0.6 is 0 Å². The summed E-state index contributed by atoms with van der Waals surface area (Å²) in [6.07, 6.45) is 1.50. The van der Waals surface area contributed by atoms with Gasteiger partial charge in [-0.2, -0.15) is 4.99 Å². The Morgan fingerprint density at radius 1 is 1.05 bits per heavy atom. The number of isocyanates is 1. The molecule has 0 radical (unpaired) electrons. The highest BCUT2D eigenvalue weighted by molar-refractivity contribution is 5.90. The Bertz CT molecular complexity index is 638. The van der Waals surface area contributed by atoms with E-state index in [9.17, 15) is 9.59 Å². The molecule has 0 bridgehead atoms. The van der Waals surface area contributed by atoms with Crippen LogP contribution in [-0.4, -0.2) is 18.7 Å². The summed E-state index contributed by atoms with van der Waals surface area (Å²) in [6, 6.07) is 14.3. The van der Waals surface area contributed by atoms with Crippen LogP contribution in [-0.2, 0) is 9.53 Å². The molecule has 4 nitrogen and oxygen atoms in total. The Hall–Kier alpha value is -2.71. The summed E-state index contributed by atoms with van der Waals surface area (Å²) in [7, 11) is 0. The molecule has 2 aromatic rings. The molecule has 2 rings (SSSR count). The number of ether oxygens (including phenoxy) is 1. The zero-order valence-electron chi connectivity index (χ0n) is 11.0. The highest BCUT2D eigenvalue weighted by Gasteiger charge is 2.06. The molecule has 0 N–H and O–H groups in total. The van der Waals surface area contributed by atoms with Gasteiger partial charge in [-0.3, -0.25) is 0 Å². The Kier molecular flexibility index (Phi) is 4.43. The summed E-state index contributed by atoms with van der Waals surface area (Å²) in [4.78, 5) is 25.2. The third-order valence-corrected chi connectivity index (χ3v) is 2.77. The smallest absolute Gasteiger partial charge is 0.338 e. The van der Waals surface area contributed by atoms with Crippen molar-refractivity contribution in [1.82, 2.24) is 0 Å². The molecule has 0 unspecified atom stereocenters. The molecule has 20 heavy (non-hydrogen) atoms. The Balaban J connectivity index is 2.21. The van der Waals surface area contributed by atoms with Crippen LogP contribution in [0.2, 0.25) is 0 Å². The van der Waals surface area contributed by atoms with Gasteiger partial charge in [-0.05, 0) is 42.3 Å². The number of hydrogen-bond acceptors (Lipinski definition) is 4. The van der Waals surface area contributed by atoms with Gasteiger partial charge in [0.05, 0.1) is 17.9 Å². The fourth-order valence-corrected chi connectivity index (χ4v) is 1.79. The van der Waals surface area contributed by atoms with Gasteiger partial charge in [0, 0.05) is 0 Å². The van der Waals surface area contributed by atoms with E-state index in [1.54, 1.807) is 31.2 Å². The number of carbonyl (C=O) groups excluding carboxylic acids is 2. The number of nitrogens with zero attached hydrogens (tertiary/aromatic N) is 1. The van der Waals surface area contributed by atoms with E-state index in [4.69, 9.17) is 4.74 Å². The van der Waals surface area contributed by atoms with Crippen LogP contribution in [0, 0.1) is 0 Å². The van der Waals surface area contributed by atoms with Crippen molar-refractivity contribution in [2.45, 2.75) is 6.92 Å². The minimum atomic E-state index is -0.324. The third-order valence-electron chi connectivity index (χ3n) is 2.77. The number of carbonyl (C=O) groups is 1. The molecule has 0 heterocycles. The van der Waals surface area contributed by atoms with Gasteiger partial charge in [0.1, 0.15) is 0 Å². The Morgan fingerprint density at radius 3 is 2.10 bits per heavy atom. The summed E-state index contributed by atoms with van der Waals surface area (Å²) >= 11 is 0. The molecular weight excluding hydrogens is 254 g/mol. The lowest BCUT2D eigenvalue weighted by Crippen LogP contribution is -2.03. The summed E-state index contributed by atoms with van der Waals surface area (Å²) in [5.74, 6) is -0.324. The van der Waals surface area contributed by atoms with E-state index in [1.807, 2.05) is 24.3 Å². The van der Waals surface area contributed by atoms with Crippen LogP contribution in [0.1, 0.15) is 17.3 Å². The van der Waals surface area contributed by atoms with Crippen molar-refractivity contribution in [3.63, 3.8) is 0 Å². The molecule has 0 spiro atoms. The fourth-order valence-electron chi connectivity index (χ4n) is 1.79. The lowest BCUT2D eigenvalue weighted by Gasteiger charge is -2.04. The molecule has 0 fully saturated rings. The van der Waals surface area contributed by atoms with Gasteiger partial charge in [-0.15, -0.1) is 0 Å². The molecule has 0 aromatic heterocycles. The highest BCUT2D eigenvalue weighted by atomic mass is 16.5. The molecular formula is C16H13NO3. The van der Waals surface area contributed by atoms with Crippen molar-refractivity contribution in [2.24, 2.45) is 4.99 Å². The molecule has 0 atom stereocenters. The van der Waals surface area contributed by atoms with E-state index in [2.05, 4.69) is 4.99 Å². The minimum Gasteiger partial charge on any atom is -0.462 e. The second-order valence-corrected chi connectivity index (χ2v) is 4.05. The van der Waals surface area contributed by atoms with Crippen molar-refractivity contribution in [1.29, 1.82) is 0 Å². The molecule has 0 saturated heterocycles. The van der Waals surface area contributed by atoms with Crippen molar-refractivity contribution in [2.75, 3.05) is 6.61 Å². The predicted octanol–water partition coefficient (Wildman–Crippen LogP) is 3.50. The van der Waals surface area contributed by atoms with Crippen molar-refractivity contribution < 1.29 is 14.3 Å². The fraction of sp³-hybridized carbons (Fsp3) is 0.125. The summed E-state index contributed by atoms with van der Waals surface area (Å²) < 4.78 is 4.93. The lowest BCUT2D eigenvalue weighted by atomic mass is 10.0. The third kappa shape index (κ3) is 3.19. The molecule has 100 valence electrons. The van der Waals surface area contributed by atoms with Gasteiger partial charge in [0.25, 0.3) is 0 Å². The van der Waals surface area contributed by atoms with Crippen molar-refractivity contribution >= 4 is 17.7 Å². The second-order valence-electron chi connectivity index (χ2n) is 4.05. The van der Waals surface area contributed by atoms with E-state index in [0.717, 1.165) is 11.1 Å². The molecule has 0 aliphatic rings. The average Bonchev–Trinajstić information content (AvgIpc) is 2.49. The van der Waals surface area contributed by atoms with E-state index in [-0.39, 0.29) is 5.97 Å². The van der Waals surface area contributed by atoms with Crippen molar-refractivity contribution in [3.8, 4) is 11.1 Å². The molecule has 0 aliphatic carbocycles. The first-order chi connectivity index (χ1) is 9.74. The van der Waals surface area contributed by atoms with Gasteiger partial charge < -0.3 is 4.74 Å². The van der Waals surface area contributed by atoms with Crippen LogP contribution in [0.4, 0.5) is 5.69 Å². The molecule has 2 aromatic carbocycles. The Labute approximate surface area is 116 Å². The van der Waals surface area contributed by atoms with Gasteiger partial charge in [0.2, 0.25) is 6.08 Å². The maximum absolute atomic E-state index is 11.5. The number of aliphatic imine (C=N–C) groups is 1. The predicted molar refractivity (Wildman–Crippen MR) is 75.6 cm³/mol. The lowest BCUT2D eigenvalue weighted by molar-refractivity contribution is 0.0526. The first-order valence-electron chi connectivity index (χ1n) is 6.20. The van der Waals surface area contributed by atoms with E-state index >= 15 is 0 Å². The summed E-state index contributed by atoms with van der Waals surface area (Å²) in [5.41, 5.74) is 3.04. The van der Waals surface area contributed by atoms with Gasteiger partial charge >= 0.3 is 5.97 Å². The topological polar surface area (TPSA) is 55.7 Å². The highest BCUT2D eigenvalue weighted by Crippen LogP contribution is 2.23. The Morgan fingerprint density at radius 2 is 1.60 bits per heavy atom. The zero-order valence-corrected chi connectivity index (χ0v) is 11.0. The largest absolute Gasteiger partial charge is 0.462 e. The SMILES string of the molecule is CCOC(=O)c1ccc(-c2ccc(N=C=O)cc2)cc1. The number of hydrogen-bond donors (Lipinski definition) is 0. The molecule has 4 heteroatoms. The van der Waals surface area contributed by atoms with Crippen LogP contribution < -0.4 is 0 Å². The summed E-state index contributed by atoms with van der Waals surface area (Å²) in [6.45, 7) is 2.13. The number of benzene rings is 2. The zero-order chi connectivity index (χ0) is 14.4. The van der Waals surface area contributed by atoms with Gasteiger partial charge in [-0.1, -0.05) is 24.3 Å². The van der Waals surface area contributed by atoms with Crippen LogP contribution in [0.3, 0.4) is 0 Å².